The number of rotatable bonds is 4. The highest BCUT2D eigenvalue weighted by atomic mass is 79.9. The number of hydrogen-bond acceptors (Lipinski definition) is 4. The van der Waals surface area contributed by atoms with E-state index in [9.17, 15) is 0 Å². The van der Waals surface area contributed by atoms with E-state index < -0.39 is 0 Å². The predicted molar refractivity (Wildman–Crippen MR) is 97.9 cm³/mol. The normalized spacial score (nSPS) is 10.8. The van der Waals surface area contributed by atoms with Crippen LogP contribution in [0.15, 0.2) is 46.9 Å². The lowest BCUT2D eigenvalue weighted by Gasteiger charge is -2.21. The maximum absolute atomic E-state index is 5.95. The second-order valence-corrected chi connectivity index (χ2v) is 6.20. The molecular weight excluding hydrogens is 378 g/mol. The Morgan fingerprint density at radius 3 is 2.52 bits per heavy atom. The highest BCUT2D eigenvalue weighted by Gasteiger charge is 2.13. The number of halogens is 2. The molecule has 1 aromatic heterocycles. The second-order valence-electron chi connectivity index (χ2n) is 5.02. The summed E-state index contributed by atoms with van der Waals surface area (Å²) in [4.78, 5) is 11.1. The molecular formula is C17H15BrClN3O. The fourth-order valence-corrected chi connectivity index (χ4v) is 2.86. The minimum atomic E-state index is 0.273. The van der Waals surface area contributed by atoms with E-state index in [0.29, 0.717) is 5.82 Å². The molecule has 0 N–H and O–H groups in total. The van der Waals surface area contributed by atoms with Crippen LogP contribution in [0.5, 0.6) is 5.75 Å². The minimum Gasteiger partial charge on any atom is -0.497 e. The van der Waals surface area contributed by atoms with Crippen molar-refractivity contribution >= 4 is 49.9 Å². The number of benzene rings is 2. The van der Waals surface area contributed by atoms with Crippen molar-refractivity contribution in [1.29, 1.82) is 0 Å². The molecule has 0 bridgehead atoms. The van der Waals surface area contributed by atoms with Crippen LogP contribution < -0.4 is 9.64 Å². The first-order chi connectivity index (χ1) is 11.1. The first kappa shape index (κ1) is 16.0. The molecule has 4 nitrogen and oxygen atoms in total. The van der Waals surface area contributed by atoms with Gasteiger partial charge in [0, 0.05) is 22.6 Å². The number of hydrogen-bond donors (Lipinski definition) is 0. The van der Waals surface area contributed by atoms with Gasteiger partial charge in [0.2, 0.25) is 0 Å². The number of aromatic nitrogens is 2. The Labute approximate surface area is 148 Å². The highest BCUT2D eigenvalue weighted by molar-refractivity contribution is 9.10. The standard InChI is InChI=1S/C17H15BrClN3O/c1-22(12-4-6-13(23-2)7-5-12)17-14-9-11(18)3-8-15(14)20-16(10-19)21-17/h3-9H,10H2,1-2H3. The SMILES string of the molecule is COc1ccc(N(C)c2nc(CCl)nc3ccc(Br)cc23)cc1. The van der Waals surface area contributed by atoms with Crippen molar-refractivity contribution in [3.63, 3.8) is 0 Å². The van der Waals surface area contributed by atoms with Gasteiger partial charge < -0.3 is 9.64 Å². The molecule has 0 unspecified atom stereocenters. The lowest BCUT2D eigenvalue weighted by molar-refractivity contribution is 0.415. The van der Waals surface area contributed by atoms with Crippen molar-refractivity contribution in [2.24, 2.45) is 0 Å². The Bertz CT molecular complexity index is 839. The van der Waals surface area contributed by atoms with Crippen molar-refractivity contribution in [2.75, 3.05) is 19.1 Å². The number of fused-ring (bicyclic) bond motifs is 1. The molecule has 0 aliphatic rings. The Kier molecular flexibility index (Phi) is 4.68. The van der Waals surface area contributed by atoms with Crippen LogP contribution in [0, 0.1) is 0 Å². The molecule has 2 aromatic carbocycles. The van der Waals surface area contributed by atoms with Crippen molar-refractivity contribution in [3.8, 4) is 5.75 Å². The monoisotopic (exact) mass is 391 g/mol. The molecule has 0 saturated carbocycles. The third-order valence-corrected chi connectivity index (χ3v) is 4.31. The Morgan fingerprint density at radius 1 is 1.13 bits per heavy atom. The average Bonchev–Trinajstić information content (AvgIpc) is 2.60. The maximum Gasteiger partial charge on any atom is 0.146 e. The lowest BCUT2D eigenvalue weighted by Crippen LogP contribution is -2.13. The third kappa shape index (κ3) is 3.26. The number of alkyl halides is 1. The summed E-state index contributed by atoms with van der Waals surface area (Å²) >= 11 is 9.46. The zero-order chi connectivity index (χ0) is 16.4. The molecule has 0 aliphatic heterocycles. The topological polar surface area (TPSA) is 38.2 Å². The van der Waals surface area contributed by atoms with Gasteiger partial charge in [-0.3, -0.25) is 0 Å². The zero-order valence-corrected chi connectivity index (χ0v) is 15.1. The molecule has 1 heterocycles. The highest BCUT2D eigenvalue weighted by Crippen LogP contribution is 2.31. The number of nitrogens with zero attached hydrogens (tertiary/aromatic N) is 3. The van der Waals surface area contributed by atoms with Gasteiger partial charge in [-0.1, -0.05) is 15.9 Å². The minimum absolute atomic E-state index is 0.273. The van der Waals surface area contributed by atoms with Crippen LogP contribution >= 0.6 is 27.5 Å². The lowest BCUT2D eigenvalue weighted by atomic mass is 10.2. The maximum atomic E-state index is 5.95. The molecule has 3 rings (SSSR count). The third-order valence-electron chi connectivity index (χ3n) is 3.58. The summed E-state index contributed by atoms with van der Waals surface area (Å²) in [7, 11) is 3.63. The molecule has 118 valence electrons. The van der Waals surface area contributed by atoms with Crippen molar-refractivity contribution in [1.82, 2.24) is 9.97 Å². The molecule has 0 radical (unpaired) electrons. The summed E-state index contributed by atoms with van der Waals surface area (Å²) in [5.41, 5.74) is 1.88. The molecule has 0 amide bonds. The van der Waals surface area contributed by atoms with Crippen LogP contribution in [0.4, 0.5) is 11.5 Å². The first-order valence-electron chi connectivity index (χ1n) is 7.02. The van der Waals surface area contributed by atoms with Gasteiger partial charge in [-0.15, -0.1) is 11.6 Å². The van der Waals surface area contributed by atoms with E-state index in [1.807, 2.05) is 54.4 Å². The Balaban J connectivity index is 2.14. The Hall–Kier alpha value is -1.85. The molecule has 6 heteroatoms. The van der Waals surface area contributed by atoms with Gasteiger partial charge in [-0.25, -0.2) is 9.97 Å². The molecule has 0 aliphatic carbocycles. The summed E-state index contributed by atoms with van der Waals surface area (Å²) in [5.74, 6) is 2.52. The summed E-state index contributed by atoms with van der Waals surface area (Å²) in [6.07, 6.45) is 0. The van der Waals surface area contributed by atoms with Crippen molar-refractivity contribution < 1.29 is 4.74 Å². The number of ether oxygens (including phenoxy) is 1. The first-order valence-corrected chi connectivity index (χ1v) is 8.35. The van der Waals surface area contributed by atoms with E-state index in [2.05, 4.69) is 25.9 Å². The summed E-state index contributed by atoms with van der Waals surface area (Å²) in [6.45, 7) is 0. The van der Waals surface area contributed by atoms with E-state index in [0.717, 1.165) is 32.6 Å². The zero-order valence-electron chi connectivity index (χ0n) is 12.8. The van der Waals surface area contributed by atoms with Crippen LogP contribution in [0.3, 0.4) is 0 Å². The second kappa shape index (κ2) is 6.72. The van der Waals surface area contributed by atoms with E-state index in [1.165, 1.54) is 0 Å². The van der Waals surface area contributed by atoms with Gasteiger partial charge in [-0.05, 0) is 42.5 Å². The van der Waals surface area contributed by atoms with Gasteiger partial charge in [0.25, 0.3) is 0 Å². The predicted octanol–water partition coefficient (Wildman–Crippen LogP) is 4.91. The van der Waals surface area contributed by atoms with E-state index in [-0.39, 0.29) is 5.88 Å². The van der Waals surface area contributed by atoms with Gasteiger partial charge >= 0.3 is 0 Å². The van der Waals surface area contributed by atoms with Gasteiger partial charge in [0.15, 0.2) is 0 Å². The fraction of sp³-hybridized carbons (Fsp3) is 0.176. The van der Waals surface area contributed by atoms with Gasteiger partial charge in [0.1, 0.15) is 17.4 Å². The molecule has 23 heavy (non-hydrogen) atoms. The number of anilines is 2. The van der Waals surface area contributed by atoms with Crippen LogP contribution in [-0.2, 0) is 5.88 Å². The molecule has 3 aromatic rings. The Morgan fingerprint density at radius 2 is 1.87 bits per heavy atom. The van der Waals surface area contributed by atoms with Crippen LogP contribution in [0.1, 0.15) is 5.82 Å². The summed E-state index contributed by atoms with van der Waals surface area (Å²) in [5, 5.41) is 0.964. The number of methoxy groups -OCH3 is 1. The molecule has 0 saturated heterocycles. The molecule has 0 atom stereocenters. The summed E-state index contributed by atoms with van der Waals surface area (Å²) in [6, 6.07) is 13.8. The largest absolute Gasteiger partial charge is 0.497 e. The van der Waals surface area contributed by atoms with Crippen LogP contribution in [0.25, 0.3) is 10.9 Å². The average molecular weight is 393 g/mol. The smallest absolute Gasteiger partial charge is 0.146 e. The van der Waals surface area contributed by atoms with Gasteiger partial charge in [0.05, 0.1) is 18.5 Å². The fourth-order valence-electron chi connectivity index (χ4n) is 2.37. The van der Waals surface area contributed by atoms with Crippen molar-refractivity contribution in [2.45, 2.75) is 5.88 Å². The van der Waals surface area contributed by atoms with E-state index in [4.69, 9.17) is 16.3 Å². The van der Waals surface area contributed by atoms with Crippen molar-refractivity contribution in [3.05, 3.63) is 52.8 Å². The van der Waals surface area contributed by atoms with E-state index >= 15 is 0 Å². The quantitative estimate of drug-likeness (QED) is 0.591. The van der Waals surface area contributed by atoms with Crippen LogP contribution in [0.2, 0.25) is 0 Å². The van der Waals surface area contributed by atoms with Gasteiger partial charge in [-0.2, -0.15) is 0 Å². The summed E-state index contributed by atoms with van der Waals surface area (Å²) < 4.78 is 6.19. The van der Waals surface area contributed by atoms with Crippen LogP contribution in [-0.4, -0.2) is 24.1 Å². The van der Waals surface area contributed by atoms with E-state index in [1.54, 1.807) is 7.11 Å². The molecule has 0 spiro atoms. The molecule has 0 fully saturated rings.